The highest BCUT2D eigenvalue weighted by atomic mass is 16.5. The molecule has 0 aliphatic carbocycles. The molecule has 94 valence electrons. The molecule has 1 aromatic carbocycles. The van der Waals surface area contributed by atoms with Crippen LogP contribution in [-0.2, 0) is 0 Å². The van der Waals surface area contributed by atoms with Crippen LogP contribution in [0.5, 0.6) is 11.5 Å². The zero-order chi connectivity index (χ0) is 13.0. The molecule has 0 fully saturated rings. The van der Waals surface area contributed by atoms with Gasteiger partial charge < -0.3 is 9.47 Å². The van der Waals surface area contributed by atoms with Crippen LogP contribution in [-0.4, -0.2) is 29.2 Å². The van der Waals surface area contributed by atoms with E-state index in [9.17, 15) is 4.79 Å². The SMILES string of the molecule is COc1cc(C)ccc1OCC(=O)n1ccnc1. The zero-order valence-electron chi connectivity index (χ0n) is 10.3. The van der Waals surface area contributed by atoms with Crippen LogP contribution in [0.2, 0.25) is 0 Å². The van der Waals surface area contributed by atoms with E-state index >= 15 is 0 Å². The predicted octanol–water partition coefficient (Wildman–Crippen LogP) is 1.92. The highest BCUT2D eigenvalue weighted by molar-refractivity contribution is 5.80. The smallest absolute Gasteiger partial charge is 0.269 e. The average molecular weight is 246 g/mol. The molecule has 0 atom stereocenters. The van der Waals surface area contributed by atoms with Gasteiger partial charge in [0.25, 0.3) is 5.91 Å². The lowest BCUT2D eigenvalue weighted by Crippen LogP contribution is -2.18. The molecule has 0 amide bonds. The summed E-state index contributed by atoms with van der Waals surface area (Å²) in [5, 5.41) is 0. The molecule has 2 rings (SSSR count). The lowest BCUT2D eigenvalue weighted by molar-refractivity contribution is 0.0835. The number of carbonyl (C=O) groups is 1. The molecule has 0 aliphatic heterocycles. The van der Waals surface area contributed by atoms with E-state index in [1.807, 2.05) is 19.1 Å². The number of methoxy groups -OCH3 is 1. The number of nitrogens with zero attached hydrogens (tertiary/aromatic N) is 2. The molecule has 0 radical (unpaired) electrons. The molecular formula is C13H14N2O3. The van der Waals surface area contributed by atoms with Gasteiger partial charge in [-0.2, -0.15) is 0 Å². The minimum absolute atomic E-state index is 0.0597. The fourth-order valence-corrected chi connectivity index (χ4v) is 1.51. The van der Waals surface area contributed by atoms with Gasteiger partial charge in [0.05, 0.1) is 7.11 Å². The molecule has 5 heteroatoms. The largest absolute Gasteiger partial charge is 0.493 e. The Labute approximate surface area is 105 Å². The van der Waals surface area contributed by atoms with Gasteiger partial charge in [0.2, 0.25) is 0 Å². The van der Waals surface area contributed by atoms with Crippen molar-refractivity contribution in [2.24, 2.45) is 0 Å². The molecule has 18 heavy (non-hydrogen) atoms. The fourth-order valence-electron chi connectivity index (χ4n) is 1.51. The van der Waals surface area contributed by atoms with Crippen LogP contribution in [0.15, 0.2) is 36.9 Å². The summed E-state index contributed by atoms with van der Waals surface area (Å²) in [6, 6.07) is 5.55. The van der Waals surface area contributed by atoms with Crippen molar-refractivity contribution in [3.8, 4) is 11.5 Å². The Morgan fingerprint density at radius 1 is 1.39 bits per heavy atom. The van der Waals surface area contributed by atoms with E-state index in [4.69, 9.17) is 9.47 Å². The van der Waals surface area contributed by atoms with Crippen LogP contribution in [0.25, 0.3) is 0 Å². The van der Waals surface area contributed by atoms with Gasteiger partial charge >= 0.3 is 0 Å². The van der Waals surface area contributed by atoms with Crippen molar-refractivity contribution >= 4 is 5.91 Å². The number of hydrogen-bond donors (Lipinski definition) is 0. The summed E-state index contributed by atoms with van der Waals surface area (Å²) in [6.07, 6.45) is 4.57. The van der Waals surface area contributed by atoms with Gasteiger partial charge in [-0.1, -0.05) is 6.07 Å². The predicted molar refractivity (Wildman–Crippen MR) is 66.1 cm³/mol. The Hall–Kier alpha value is -2.30. The Kier molecular flexibility index (Phi) is 3.62. The normalized spacial score (nSPS) is 10.1. The Morgan fingerprint density at radius 3 is 2.89 bits per heavy atom. The maximum absolute atomic E-state index is 11.7. The number of aromatic nitrogens is 2. The molecule has 1 heterocycles. The maximum Gasteiger partial charge on any atom is 0.269 e. The first kappa shape index (κ1) is 12.2. The highest BCUT2D eigenvalue weighted by Crippen LogP contribution is 2.27. The quantitative estimate of drug-likeness (QED) is 0.827. The monoisotopic (exact) mass is 246 g/mol. The molecule has 0 saturated carbocycles. The van der Waals surface area contributed by atoms with Crippen LogP contribution >= 0.6 is 0 Å². The summed E-state index contributed by atoms with van der Waals surface area (Å²) in [5.41, 5.74) is 1.07. The van der Waals surface area contributed by atoms with Crippen LogP contribution in [0.1, 0.15) is 10.4 Å². The zero-order valence-corrected chi connectivity index (χ0v) is 10.3. The van der Waals surface area contributed by atoms with E-state index < -0.39 is 0 Å². The summed E-state index contributed by atoms with van der Waals surface area (Å²) in [5.74, 6) is 0.986. The van der Waals surface area contributed by atoms with Gasteiger partial charge in [0, 0.05) is 12.4 Å². The van der Waals surface area contributed by atoms with Crippen LogP contribution < -0.4 is 9.47 Å². The third-order valence-electron chi connectivity index (χ3n) is 2.46. The standard InChI is InChI=1S/C13H14N2O3/c1-10-3-4-11(12(7-10)17-2)18-8-13(16)15-6-5-14-9-15/h3-7,9H,8H2,1-2H3. The molecule has 0 unspecified atom stereocenters. The van der Waals surface area contributed by atoms with Crippen molar-refractivity contribution in [1.29, 1.82) is 0 Å². The molecule has 0 aliphatic rings. The van der Waals surface area contributed by atoms with E-state index in [2.05, 4.69) is 4.98 Å². The summed E-state index contributed by atoms with van der Waals surface area (Å²) in [7, 11) is 1.57. The first-order valence-electron chi connectivity index (χ1n) is 5.49. The number of imidazole rings is 1. The van der Waals surface area contributed by atoms with Crippen molar-refractivity contribution in [1.82, 2.24) is 9.55 Å². The van der Waals surface area contributed by atoms with Crippen molar-refractivity contribution in [3.05, 3.63) is 42.5 Å². The molecule has 2 aromatic rings. The van der Waals surface area contributed by atoms with Gasteiger partial charge in [-0.15, -0.1) is 0 Å². The van der Waals surface area contributed by atoms with Crippen molar-refractivity contribution in [2.45, 2.75) is 6.92 Å². The molecule has 0 saturated heterocycles. The van der Waals surface area contributed by atoms with Crippen LogP contribution in [0.4, 0.5) is 0 Å². The number of carbonyl (C=O) groups excluding carboxylic acids is 1. The topological polar surface area (TPSA) is 53.4 Å². The minimum Gasteiger partial charge on any atom is -0.493 e. The van der Waals surface area contributed by atoms with Crippen LogP contribution in [0, 0.1) is 6.92 Å². The Morgan fingerprint density at radius 2 is 2.22 bits per heavy atom. The number of ether oxygens (including phenoxy) is 2. The van der Waals surface area contributed by atoms with E-state index in [1.165, 1.54) is 10.9 Å². The Bertz CT molecular complexity index is 535. The van der Waals surface area contributed by atoms with Gasteiger partial charge in [-0.25, -0.2) is 4.98 Å². The first-order chi connectivity index (χ1) is 8.70. The molecule has 5 nitrogen and oxygen atoms in total. The number of benzene rings is 1. The number of aryl methyl sites for hydroxylation is 1. The summed E-state index contributed by atoms with van der Waals surface area (Å²) in [6.45, 7) is 1.90. The first-order valence-corrected chi connectivity index (χ1v) is 5.49. The second-order valence-corrected chi connectivity index (χ2v) is 3.81. The van der Waals surface area contributed by atoms with E-state index in [0.717, 1.165) is 5.56 Å². The summed E-state index contributed by atoms with van der Waals surface area (Å²) in [4.78, 5) is 15.5. The molecule has 0 N–H and O–H groups in total. The van der Waals surface area contributed by atoms with Gasteiger partial charge in [-0.3, -0.25) is 9.36 Å². The van der Waals surface area contributed by atoms with Crippen LogP contribution in [0.3, 0.4) is 0 Å². The Balaban J connectivity index is 2.04. The highest BCUT2D eigenvalue weighted by Gasteiger charge is 2.08. The molecule has 0 spiro atoms. The lowest BCUT2D eigenvalue weighted by atomic mass is 10.2. The minimum atomic E-state index is -0.185. The van der Waals surface area contributed by atoms with E-state index in [-0.39, 0.29) is 12.5 Å². The van der Waals surface area contributed by atoms with Crippen molar-refractivity contribution in [2.75, 3.05) is 13.7 Å². The number of rotatable bonds is 4. The third kappa shape index (κ3) is 2.68. The van der Waals surface area contributed by atoms with Gasteiger partial charge in [-0.05, 0) is 24.6 Å². The lowest BCUT2D eigenvalue weighted by Gasteiger charge is -2.10. The molecule has 0 bridgehead atoms. The average Bonchev–Trinajstić information content (AvgIpc) is 2.90. The maximum atomic E-state index is 11.7. The van der Waals surface area contributed by atoms with Gasteiger partial charge in [0.15, 0.2) is 18.1 Å². The molecular weight excluding hydrogens is 232 g/mol. The second kappa shape index (κ2) is 5.35. The number of hydrogen-bond acceptors (Lipinski definition) is 4. The summed E-state index contributed by atoms with van der Waals surface area (Å²) >= 11 is 0. The van der Waals surface area contributed by atoms with Crippen molar-refractivity contribution < 1.29 is 14.3 Å². The fraction of sp³-hybridized carbons (Fsp3) is 0.231. The second-order valence-electron chi connectivity index (χ2n) is 3.81. The third-order valence-corrected chi connectivity index (χ3v) is 2.46. The molecule has 1 aromatic heterocycles. The van der Waals surface area contributed by atoms with E-state index in [0.29, 0.717) is 11.5 Å². The van der Waals surface area contributed by atoms with Crippen molar-refractivity contribution in [3.63, 3.8) is 0 Å². The van der Waals surface area contributed by atoms with E-state index in [1.54, 1.807) is 25.6 Å². The van der Waals surface area contributed by atoms with Gasteiger partial charge in [0.1, 0.15) is 6.33 Å². The summed E-state index contributed by atoms with van der Waals surface area (Å²) < 4.78 is 12.0.